The average Bonchev–Trinajstić information content (AvgIpc) is 3.00. The van der Waals surface area contributed by atoms with Crippen molar-refractivity contribution in [3.05, 3.63) is 34.8 Å². The Hall–Kier alpha value is -2.15. The summed E-state index contributed by atoms with van der Waals surface area (Å²) in [7, 11) is 1.66. The van der Waals surface area contributed by atoms with Gasteiger partial charge in [0, 0.05) is 31.9 Å². The van der Waals surface area contributed by atoms with E-state index in [4.69, 9.17) is 4.74 Å². The number of hydrogen-bond donors (Lipinski definition) is 0. The third kappa shape index (κ3) is 2.89. The van der Waals surface area contributed by atoms with Gasteiger partial charge >= 0.3 is 0 Å². The van der Waals surface area contributed by atoms with E-state index < -0.39 is 0 Å². The van der Waals surface area contributed by atoms with Gasteiger partial charge in [-0.25, -0.2) is 0 Å². The molecule has 2 aromatic rings. The van der Waals surface area contributed by atoms with E-state index in [0.717, 1.165) is 24.5 Å². The Bertz CT molecular complexity index is 648. The van der Waals surface area contributed by atoms with E-state index in [2.05, 4.69) is 14.5 Å². The summed E-state index contributed by atoms with van der Waals surface area (Å²) in [4.78, 5) is 17.2. The lowest BCUT2D eigenvalue weighted by molar-refractivity contribution is 0.0750. The molecule has 1 saturated heterocycles. The molecule has 0 saturated carbocycles. The largest absolute Gasteiger partial charge is 0.497 e. The van der Waals surface area contributed by atoms with Crippen LogP contribution in [0.1, 0.15) is 15.4 Å². The Balaban J connectivity index is 1.62. The lowest BCUT2D eigenvalue weighted by Gasteiger charge is -2.36. The molecule has 0 unspecified atom stereocenters. The molecule has 0 aliphatic carbocycles. The topological polar surface area (TPSA) is 58.6 Å². The summed E-state index contributed by atoms with van der Waals surface area (Å²) in [5.41, 5.74) is 1.87. The number of carbonyl (C=O) groups excluding carboxylic acids is 1. The van der Waals surface area contributed by atoms with Gasteiger partial charge in [0.05, 0.1) is 12.8 Å². The Kier molecular flexibility index (Phi) is 4.24. The summed E-state index contributed by atoms with van der Waals surface area (Å²) >= 11 is 1.17. The predicted molar refractivity (Wildman–Crippen MR) is 85.8 cm³/mol. The van der Waals surface area contributed by atoms with Crippen LogP contribution >= 0.6 is 11.5 Å². The molecule has 0 bridgehead atoms. The fourth-order valence-electron chi connectivity index (χ4n) is 2.53. The average molecular weight is 318 g/mol. The molecule has 1 aliphatic heterocycles. The first-order valence-electron chi connectivity index (χ1n) is 7.16. The van der Waals surface area contributed by atoms with Gasteiger partial charge in [0.2, 0.25) is 0 Å². The van der Waals surface area contributed by atoms with Crippen molar-refractivity contribution in [3.63, 3.8) is 0 Å². The number of rotatable bonds is 3. The molecule has 1 amide bonds. The highest BCUT2D eigenvalue weighted by Gasteiger charge is 2.25. The minimum atomic E-state index is 0.0434. The number of hydrogen-bond acceptors (Lipinski definition) is 6. The number of nitrogens with zero attached hydrogens (tertiary/aromatic N) is 4. The van der Waals surface area contributed by atoms with Gasteiger partial charge in [0.25, 0.3) is 5.91 Å². The Morgan fingerprint density at radius 3 is 2.41 bits per heavy atom. The second kappa shape index (κ2) is 6.31. The van der Waals surface area contributed by atoms with E-state index in [-0.39, 0.29) is 5.91 Å². The second-order valence-electron chi connectivity index (χ2n) is 5.16. The SMILES string of the molecule is COc1ccc(N2CCN(C(=O)c3snnc3C)CC2)cc1. The first-order chi connectivity index (χ1) is 10.7. The van der Waals surface area contributed by atoms with Gasteiger partial charge in [-0.15, -0.1) is 5.10 Å². The molecule has 6 nitrogen and oxygen atoms in total. The van der Waals surface area contributed by atoms with Crippen molar-refractivity contribution in [2.24, 2.45) is 0 Å². The van der Waals surface area contributed by atoms with Crippen LogP contribution in [-0.4, -0.2) is 53.7 Å². The molecule has 1 fully saturated rings. The first kappa shape index (κ1) is 14.8. The van der Waals surface area contributed by atoms with Gasteiger partial charge in [-0.05, 0) is 42.7 Å². The maximum atomic E-state index is 12.4. The van der Waals surface area contributed by atoms with E-state index in [1.165, 1.54) is 11.5 Å². The van der Waals surface area contributed by atoms with Crippen LogP contribution < -0.4 is 9.64 Å². The van der Waals surface area contributed by atoms with Crippen molar-refractivity contribution >= 4 is 23.1 Å². The number of benzene rings is 1. The Morgan fingerprint density at radius 2 is 1.86 bits per heavy atom. The van der Waals surface area contributed by atoms with Crippen molar-refractivity contribution in [3.8, 4) is 5.75 Å². The molecule has 0 atom stereocenters. The number of aromatic nitrogens is 2. The van der Waals surface area contributed by atoms with Crippen LogP contribution in [0.4, 0.5) is 5.69 Å². The molecule has 0 radical (unpaired) electrons. The number of piperazine rings is 1. The van der Waals surface area contributed by atoms with E-state index >= 15 is 0 Å². The minimum absolute atomic E-state index is 0.0434. The first-order valence-corrected chi connectivity index (χ1v) is 7.93. The Morgan fingerprint density at radius 1 is 1.18 bits per heavy atom. The van der Waals surface area contributed by atoms with Crippen molar-refractivity contribution in [1.29, 1.82) is 0 Å². The summed E-state index contributed by atoms with van der Waals surface area (Å²) in [6.07, 6.45) is 0. The number of aryl methyl sites for hydroxylation is 1. The zero-order valence-electron chi connectivity index (χ0n) is 12.7. The lowest BCUT2D eigenvalue weighted by Crippen LogP contribution is -2.48. The highest BCUT2D eigenvalue weighted by atomic mass is 32.1. The summed E-state index contributed by atoms with van der Waals surface area (Å²) in [5.74, 6) is 0.896. The normalized spacial score (nSPS) is 15.0. The number of amides is 1. The lowest BCUT2D eigenvalue weighted by atomic mass is 10.2. The molecule has 1 aromatic carbocycles. The summed E-state index contributed by atoms with van der Waals surface area (Å²) < 4.78 is 9.01. The fraction of sp³-hybridized carbons (Fsp3) is 0.400. The quantitative estimate of drug-likeness (QED) is 0.864. The number of methoxy groups -OCH3 is 1. The van der Waals surface area contributed by atoms with E-state index in [9.17, 15) is 4.79 Å². The maximum absolute atomic E-state index is 12.4. The standard InChI is InChI=1S/C15H18N4O2S/c1-11-14(22-17-16-11)15(20)19-9-7-18(8-10-19)12-3-5-13(21-2)6-4-12/h3-6H,7-10H2,1-2H3. The highest BCUT2D eigenvalue weighted by Crippen LogP contribution is 2.21. The Labute approximate surface area is 133 Å². The summed E-state index contributed by atoms with van der Waals surface area (Å²) in [5, 5.41) is 3.91. The van der Waals surface area contributed by atoms with Crippen LogP contribution in [0, 0.1) is 6.92 Å². The summed E-state index contributed by atoms with van der Waals surface area (Å²) in [6.45, 7) is 4.89. The molecule has 116 valence electrons. The number of ether oxygens (including phenoxy) is 1. The van der Waals surface area contributed by atoms with Crippen LogP contribution in [0.15, 0.2) is 24.3 Å². The summed E-state index contributed by atoms with van der Waals surface area (Å²) in [6, 6.07) is 8.01. The second-order valence-corrected chi connectivity index (χ2v) is 5.92. The van der Waals surface area contributed by atoms with Gasteiger partial charge in [0.1, 0.15) is 10.6 Å². The number of anilines is 1. The zero-order valence-corrected chi connectivity index (χ0v) is 13.5. The van der Waals surface area contributed by atoms with Crippen molar-refractivity contribution < 1.29 is 9.53 Å². The van der Waals surface area contributed by atoms with Crippen molar-refractivity contribution in [2.75, 3.05) is 38.2 Å². The maximum Gasteiger partial charge on any atom is 0.267 e. The van der Waals surface area contributed by atoms with Crippen LogP contribution in [0.3, 0.4) is 0 Å². The van der Waals surface area contributed by atoms with E-state index in [0.29, 0.717) is 23.7 Å². The van der Waals surface area contributed by atoms with E-state index in [1.54, 1.807) is 7.11 Å². The molecule has 7 heteroatoms. The molecule has 22 heavy (non-hydrogen) atoms. The number of carbonyl (C=O) groups is 1. The zero-order chi connectivity index (χ0) is 15.5. The monoisotopic (exact) mass is 318 g/mol. The van der Waals surface area contributed by atoms with Crippen molar-refractivity contribution in [1.82, 2.24) is 14.5 Å². The van der Waals surface area contributed by atoms with Gasteiger partial charge in [-0.2, -0.15) is 0 Å². The van der Waals surface area contributed by atoms with Gasteiger partial charge in [0.15, 0.2) is 0 Å². The molecule has 2 heterocycles. The van der Waals surface area contributed by atoms with Crippen molar-refractivity contribution in [2.45, 2.75) is 6.92 Å². The molecule has 1 aliphatic rings. The van der Waals surface area contributed by atoms with E-state index in [1.807, 2.05) is 36.1 Å². The molecule has 0 N–H and O–H groups in total. The molecular formula is C15H18N4O2S. The smallest absolute Gasteiger partial charge is 0.267 e. The fourth-order valence-corrected chi connectivity index (χ4v) is 3.16. The molecular weight excluding hydrogens is 300 g/mol. The van der Waals surface area contributed by atoms with Gasteiger partial charge in [-0.3, -0.25) is 4.79 Å². The van der Waals surface area contributed by atoms with Crippen LogP contribution in [0.5, 0.6) is 5.75 Å². The molecule has 1 aromatic heterocycles. The van der Waals surface area contributed by atoms with Crippen LogP contribution in [0.25, 0.3) is 0 Å². The van der Waals surface area contributed by atoms with Gasteiger partial charge in [-0.1, -0.05) is 4.49 Å². The third-order valence-corrected chi connectivity index (χ3v) is 4.67. The minimum Gasteiger partial charge on any atom is -0.497 e. The molecule has 3 rings (SSSR count). The predicted octanol–water partition coefficient (Wildman–Crippen LogP) is 1.82. The highest BCUT2D eigenvalue weighted by molar-refractivity contribution is 7.07. The van der Waals surface area contributed by atoms with Gasteiger partial charge < -0.3 is 14.5 Å². The third-order valence-electron chi connectivity index (χ3n) is 3.85. The molecule has 0 spiro atoms. The van der Waals surface area contributed by atoms with Crippen LogP contribution in [-0.2, 0) is 0 Å². The van der Waals surface area contributed by atoms with Crippen LogP contribution in [0.2, 0.25) is 0 Å².